The smallest absolute Gasteiger partial charge is 0.322 e. The van der Waals surface area contributed by atoms with Crippen molar-refractivity contribution in [3.05, 3.63) is 41.8 Å². The number of aromatic nitrogens is 4. The number of hydrogen-bond acceptors (Lipinski definition) is 7. The van der Waals surface area contributed by atoms with E-state index >= 15 is 0 Å². The van der Waals surface area contributed by atoms with E-state index in [9.17, 15) is 17.6 Å². The molecule has 0 atom stereocenters. The fourth-order valence-electron chi connectivity index (χ4n) is 3.36. The molecule has 1 fully saturated rings. The maximum atomic E-state index is 13.1. The van der Waals surface area contributed by atoms with E-state index < -0.39 is 21.8 Å². The number of carbonyl (C=O) groups is 1. The largest absolute Gasteiger partial charge is 0.401 e. The maximum absolute atomic E-state index is 13.1. The minimum Gasteiger partial charge on any atom is -0.401 e. The lowest BCUT2D eigenvalue weighted by atomic mass is 9.97. The van der Waals surface area contributed by atoms with Crippen molar-refractivity contribution in [2.75, 3.05) is 18.4 Å². The molecule has 0 radical (unpaired) electrons. The van der Waals surface area contributed by atoms with Crippen molar-refractivity contribution in [3.8, 4) is 11.6 Å². The van der Waals surface area contributed by atoms with Crippen LogP contribution in [0.15, 0.2) is 39.6 Å². The van der Waals surface area contributed by atoms with E-state index in [2.05, 4.69) is 20.6 Å². The Balaban J connectivity index is 1.36. The number of amides is 1. The first-order valence-electron chi connectivity index (χ1n) is 9.65. The van der Waals surface area contributed by atoms with Gasteiger partial charge in [-0.05, 0) is 50.1 Å². The molecule has 1 N–H and O–H groups in total. The average molecular weight is 448 g/mol. The van der Waals surface area contributed by atoms with Crippen molar-refractivity contribution >= 4 is 21.9 Å². The molecule has 3 heterocycles. The molecule has 164 valence electrons. The van der Waals surface area contributed by atoms with Crippen LogP contribution in [0.1, 0.15) is 18.5 Å². The highest BCUT2D eigenvalue weighted by Gasteiger charge is 2.32. The minimum atomic E-state index is -3.73. The van der Waals surface area contributed by atoms with Gasteiger partial charge in [-0.25, -0.2) is 12.8 Å². The minimum absolute atomic E-state index is 0.0277. The van der Waals surface area contributed by atoms with Crippen LogP contribution in [0.4, 0.5) is 10.4 Å². The molecule has 4 rings (SSSR count). The number of anilines is 1. The van der Waals surface area contributed by atoms with Crippen LogP contribution in [-0.4, -0.2) is 51.7 Å². The van der Waals surface area contributed by atoms with Crippen LogP contribution in [0.25, 0.3) is 11.6 Å². The van der Waals surface area contributed by atoms with Crippen molar-refractivity contribution in [2.24, 2.45) is 13.0 Å². The van der Waals surface area contributed by atoms with Gasteiger partial charge in [-0.15, -0.1) is 5.10 Å². The molecular weight excluding hydrogens is 427 g/mol. The molecule has 1 aliphatic rings. The van der Waals surface area contributed by atoms with Gasteiger partial charge in [0.25, 0.3) is 5.89 Å². The number of benzene rings is 1. The normalized spacial score (nSPS) is 15.8. The number of rotatable bonds is 5. The Kier molecular flexibility index (Phi) is 5.58. The number of nitrogens with one attached hydrogen (secondary N) is 1. The lowest BCUT2D eigenvalue weighted by molar-refractivity contribution is -0.121. The summed E-state index contributed by atoms with van der Waals surface area (Å²) in [7, 11) is -1.94. The van der Waals surface area contributed by atoms with Crippen LogP contribution in [0.5, 0.6) is 0 Å². The molecule has 0 unspecified atom stereocenters. The summed E-state index contributed by atoms with van der Waals surface area (Å²) in [6.07, 6.45) is 0.680. The van der Waals surface area contributed by atoms with Crippen LogP contribution >= 0.6 is 0 Å². The molecule has 1 amide bonds. The van der Waals surface area contributed by atoms with Crippen molar-refractivity contribution in [1.82, 2.24) is 24.3 Å². The number of piperidine rings is 1. The third-order valence-electron chi connectivity index (χ3n) is 5.26. The van der Waals surface area contributed by atoms with E-state index in [0.29, 0.717) is 18.5 Å². The second-order valence-corrected chi connectivity index (χ2v) is 9.27. The average Bonchev–Trinajstić information content (AvgIpc) is 3.35. The summed E-state index contributed by atoms with van der Waals surface area (Å²) in [6.45, 7) is 2.25. The fourth-order valence-corrected chi connectivity index (χ4v) is 4.83. The van der Waals surface area contributed by atoms with Gasteiger partial charge in [0.15, 0.2) is 0 Å². The van der Waals surface area contributed by atoms with Gasteiger partial charge in [-0.3, -0.25) is 14.8 Å². The summed E-state index contributed by atoms with van der Waals surface area (Å²) < 4.78 is 46.9. The predicted molar refractivity (Wildman–Crippen MR) is 108 cm³/mol. The van der Waals surface area contributed by atoms with E-state index in [0.717, 1.165) is 17.8 Å². The molecule has 31 heavy (non-hydrogen) atoms. The predicted octanol–water partition coefficient (Wildman–Crippen LogP) is 1.96. The topological polar surface area (TPSA) is 123 Å². The fraction of sp³-hybridized carbons (Fsp3) is 0.368. The van der Waals surface area contributed by atoms with Gasteiger partial charge in [0.05, 0.1) is 4.90 Å². The first-order valence-corrected chi connectivity index (χ1v) is 11.1. The van der Waals surface area contributed by atoms with E-state index in [1.54, 1.807) is 17.8 Å². The van der Waals surface area contributed by atoms with Crippen molar-refractivity contribution in [2.45, 2.75) is 24.7 Å². The number of halogens is 1. The Bertz CT molecular complexity index is 1180. The Morgan fingerprint density at radius 2 is 1.87 bits per heavy atom. The third kappa shape index (κ3) is 4.35. The SMILES string of the molecule is Cc1cc(-c2nnc(NC(=O)C3CCN(S(=O)(=O)c4ccc(F)cc4)CC3)o2)nn1C. The van der Waals surface area contributed by atoms with E-state index in [1.807, 2.05) is 6.92 Å². The standard InChI is InChI=1S/C19H21FN6O4S/c1-12-11-16(24-25(12)2)18-22-23-19(30-18)21-17(27)13-7-9-26(10-8-13)31(28,29)15-5-3-14(20)4-6-15/h3-6,11,13H,7-10H2,1-2H3,(H,21,23,27). The summed E-state index contributed by atoms with van der Waals surface area (Å²) in [6, 6.07) is 6.44. The number of sulfonamides is 1. The molecule has 1 aliphatic heterocycles. The summed E-state index contributed by atoms with van der Waals surface area (Å²) in [5.74, 6) is -1.02. The molecule has 2 aromatic heterocycles. The molecule has 1 saturated heterocycles. The van der Waals surface area contributed by atoms with Gasteiger partial charge in [0.1, 0.15) is 11.5 Å². The Hall–Kier alpha value is -3.12. The lowest BCUT2D eigenvalue weighted by Crippen LogP contribution is -2.41. The van der Waals surface area contributed by atoms with Gasteiger partial charge in [0.2, 0.25) is 15.9 Å². The van der Waals surface area contributed by atoms with Crippen LogP contribution < -0.4 is 5.32 Å². The molecule has 1 aromatic carbocycles. The zero-order valence-corrected chi connectivity index (χ0v) is 17.8. The van der Waals surface area contributed by atoms with Gasteiger partial charge in [-0.1, -0.05) is 5.10 Å². The Morgan fingerprint density at radius 1 is 1.19 bits per heavy atom. The van der Waals surface area contributed by atoms with Crippen molar-refractivity contribution < 1.29 is 22.0 Å². The van der Waals surface area contributed by atoms with Crippen molar-refractivity contribution in [1.29, 1.82) is 0 Å². The van der Waals surface area contributed by atoms with Crippen LogP contribution in [-0.2, 0) is 21.9 Å². The number of hydrogen-bond donors (Lipinski definition) is 1. The summed E-state index contributed by atoms with van der Waals surface area (Å²) in [5.41, 5.74) is 1.42. The summed E-state index contributed by atoms with van der Waals surface area (Å²) >= 11 is 0. The zero-order chi connectivity index (χ0) is 22.2. The molecule has 12 heteroatoms. The molecule has 0 bridgehead atoms. The summed E-state index contributed by atoms with van der Waals surface area (Å²) in [5, 5.41) is 14.6. The maximum Gasteiger partial charge on any atom is 0.322 e. The molecule has 0 saturated carbocycles. The highest BCUT2D eigenvalue weighted by atomic mass is 32.2. The van der Waals surface area contributed by atoms with E-state index in [-0.39, 0.29) is 35.8 Å². The third-order valence-corrected chi connectivity index (χ3v) is 7.18. The Morgan fingerprint density at radius 3 is 2.48 bits per heavy atom. The second kappa shape index (κ2) is 8.19. The molecule has 0 spiro atoms. The van der Waals surface area contributed by atoms with E-state index in [1.165, 1.54) is 16.4 Å². The van der Waals surface area contributed by atoms with Gasteiger partial charge in [0, 0.05) is 31.7 Å². The number of aryl methyl sites for hydroxylation is 2. The zero-order valence-electron chi connectivity index (χ0n) is 16.9. The number of carbonyl (C=O) groups excluding carboxylic acids is 1. The van der Waals surface area contributed by atoms with Gasteiger partial charge in [-0.2, -0.15) is 9.40 Å². The van der Waals surface area contributed by atoms with Gasteiger partial charge >= 0.3 is 6.01 Å². The van der Waals surface area contributed by atoms with Crippen LogP contribution in [0.2, 0.25) is 0 Å². The lowest BCUT2D eigenvalue weighted by Gasteiger charge is -2.30. The monoisotopic (exact) mass is 448 g/mol. The van der Waals surface area contributed by atoms with Crippen LogP contribution in [0, 0.1) is 18.7 Å². The molecule has 0 aliphatic carbocycles. The number of nitrogens with zero attached hydrogens (tertiary/aromatic N) is 5. The first kappa shape index (κ1) is 21.1. The van der Waals surface area contributed by atoms with Crippen LogP contribution in [0.3, 0.4) is 0 Å². The highest BCUT2D eigenvalue weighted by molar-refractivity contribution is 7.89. The van der Waals surface area contributed by atoms with Crippen molar-refractivity contribution in [3.63, 3.8) is 0 Å². The molecular formula is C19H21FN6O4S. The summed E-state index contributed by atoms with van der Waals surface area (Å²) in [4.78, 5) is 12.6. The molecule has 10 nitrogen and oxygen atoms in total. The Labute approximate surface area is 178 Å². The van der Waals surface area contributed by atoms with E-state index in [4.69, 9.17) is 4.42 Å². The second-order valence-electron chi connectivity index (χ2n) is 7.33. The van der Waals surface area contributed by atoms with Gasteiger partial charge < -0.3 is 4.42 Å². The first-order chi connectivity index (χ1) is 14.7. The molecule has 3 aromatic rings. The quantitative estimate of drug-likeness (QED) is 0.633. The highest BCUT2D eigenvalue weighted by Crippen LogP contribution is 2.25.